The lowest BCUT2D eigenvalue weighted by Crippen LogP contribution is -2.42. The highest BCUT2D eigenvalue weighted by Crippen LogP contribution is 2.22. The van der Waals surface area contributed by atoms with Gasteiger partial charge in [-0.1, -0.05) is 6.07 Å². The summed E-state index contributed by atoms with van der Waals surface area (Å²) < 4.78 is 0. The molecular formula is C13H21N3O. The number of aliphatic hydroxyl groups excluding tert-OH is 1. The number of nitrogens with zero attached hydrogens (tertiary/aromatic N) is 3. The van der Waals surface area contributed by atoms with Crippen LogP contribution in [0.1, 0.15) is 18.1 Å². The fourth-order valence-electron chi connectivity index (χ4n) is 2.42. The lowest BCUT2D eigenvalue weighted by molar-refractivity contribution is 0.0570. The van der Waals surface area contributed by atoms with Crippen molar-refractivity contribution in [2.75, 3.05) is 33.7 Å². The van der Waals surface area contributed by atoms with Crippen LogP contribution >= 0.6 is 0 Å². The average molecular weight is 235 g/mol. The van der Waals surface area contributed by atoms with Gasteiger partial charge in [0.15, 0.2) is 0 Å². The van der Waals surface area contributed by atoms with Gasteiger partial charge in [0.1, 0.15) is 0 Å². The molecule has 94 valence electrons. The Balaban J connectivity index is 2.13. The first-order valence-corrected chi connectivity index (χ1v) is 6.15. The molecule has 0 spiro atoms. The first kappa shape index (κ1) is 12.5. The predicted octanol–water partition coefficient (Wildman–Crippen LogP) is 0.751. The molecule has 2 unspecified atom stereocenters. The fourth-order valence-corrected chi connectivity index (χ4v) is 2.42. The summed E-state index contributed by atoms with van der Waals surface area (Å²) in [5, 5.41) is 10.5. The van der Waals surface area contributed by atoms with Crippen LogP contribution in [0.5, 0.6) is 0 Å². The van der Waals surface area contributed by atoms with E-state index in [1.807, 2.05) is 12.1 Å². The number of likely N-dealkylation sites (N-methyl/N-ethyl adjacent to an activating group) is 2. The smallest absolute Gasteiger partial charge is 0.0972 e. The van der Waals surface area contributed by atoms with Gasteiger partial charge in [-0.2, -0.15) is 0 Å². The van der Waals surface area contributed by atoms with Gasteiger partial charge >= 0.3 is 0 Å². The summed E-state index contributed by atoms with van der Waals surface area (Å²) in [6, 6.07) is 3.96. The van der Waals surface area contributed by atoms with Crippen LogP contribution in [-0.2, 0) is 0 Å². The van der Waals surface area contributed by atoms with E-state index in [1.165, 1.54) is 0 Å². The number of pyridine rings is 1. The summed E-state index contributed by atoms with van der Waals surface area (Å²) >= 11 is 0. The zero-order chi connectivity index (χ0) is 12.3. The Morgan fingerprint density at radius 1 is 1.41 bits per heavy atom. The Labute approximate surface area is 103 Å². The first-order valence-electron chi connectivity index (χ1n) is 6.15. The van der Waals surface area contributed by atoms with Gasteiger partial charge < -0.3 is 10.0 Å². The second-order valence-electron chi connectivity index (χ2n) is 4.89. The highest BCUT2D eigenvalue weighted by Gasteiger charge is 2.28. The van der Waals surface area contributed by atoms with Crippen LogP contribution in [0.25, 0.3) is 0 Å². The maximum Gasteiger partial charge on any atom is 0.0972 e. The Morgan fingerprint density at radius 3 is 2.94 bits per heavy atom. The van der Waals surface area contributed by atoms with Crippen molar-refractivity contribution < 1.29 is 5.11 Å². The van der Waals surface area contributed by atoms with Gasteiger partial charge in [-0.25, -0.2) is 0 Å². The van der Waals surface area contributed by atoms with Crippen LogP contribution in [0.4, 0.5) is 0 Å². The standard InChI is InChI=1S/C13H21N3O/c1-15-7-4-8-16(2)12(10-15)13(17)11-5-3-6-14-9-11/h3,5-6,9,12-13,17H,4,7-8,10H2,1-2H3. The van der Waals surface area contributed by atoms with E-state index >= 15 is 0 Å². The number of hydrogen-bond donors (Lipinski definition) is 1. The SMILES string of the molecule is CN1CCCN(C)C(C(O)c2cccnc2)C1. The van der Waals surface area contributed by atoms with E-state index in [9.17, 15) is 5.11 Å². The van der Waals surface area contributed by atoms with Gasteiger partial charge in [-0.15, -0.1) is 0 Å². The molecule has 0 radical (unpaired) electrons. The third-order valence-electron chi connectivity index (χ3n) is 3.51. The lowest BCUT2D eigenvalue weighted by Gasteiger charge is -2.31. The minimum Gasteiger partial charge on any atom is -0.387 e. The van der Waals surface area contributed by atoms with Gasteiger partial charge in [-0.05, 0) is 39.7 Å². The maximum absolute atomic E-state index is 10.5. The molecule has 0 saturated carbocycles. The minimum absolute atomic E-state index is 0.145. The van der Waals surface area contributed by atoms with Crippen LogP contribution in [0.2, 0.25) is 0 Å². The van der Waals surface area contributed by atoms with Crippen molar-refractivity contribution in [2.45, 2.75) is 18.6 Å². The molecule has 2 rings (SSSR count). The summed E-state index contributed by atoms with van der Waals surface area (Å²) in [7, 11) is 4.20. The molecule has 1 aromatic heterocycles. The molecule has 2 atom stereocenters. The Bertz CT molecular complexity index is 344. The van der Waals surface area contributed by atoms with Crippen LogP contribution in [0.3, 0.4) is 0 Å². The molecule has 4 heteroatoms. The zero-order valence-electron chi connectivity index (χ0n) is 10.6. The summed E-state index contributed by atoms with van der Waals surface area (Å²) in [5.41, 5.74) is 0.902. The van der Waals surface area contributed by atoms with Crippen LogP contribution < -0.4 is 0 Å². The molecule has 17 heavy (non-hydrogen) atoms. The second-order valence-corrected chi connectivity index (χ2v) is 4.89. The van der Waals surface area contributed by atoms with Crippen molar-refractivity contribution in [3.8, 4) is 0 Å². The Kier molecular flexibility index (Phi) is 4.10. The van der Waals surface area contributed by atoms with Gasteiger partial charge in [0.05, 0.1) is 12.1 Å². The van der Waals surface area contributed by atoms with Crippen molar-refractivity contribution in [2.24, 2.45) is 0 Å². The largest absolute Gasteiger partial charge is 0.387 e. The molecule has 1 fully saturated rings. The predicted molar refractivity (Wildman–Crippen MR) is 67.7 cm³/mol. The molecule has 0 aliphatic carbocycles. The van der Waals surface area contributed by atoms with E-state index < -0.39 is 6.10 Å². The maximum atomic E-state index is 10.5. The average Bonchev–Trinajstić information content (AvgIpc) is 2.51. The van der Waals surface area contributed by atoms with Crippen LogP contribution in [-0.4, -0.2) is 59.7 Å². The summed E-state index contributed by atoms with van der Waals surface area (Å²) in [6.45, 7) is 3.03. The number of hydrogen-bond acceptors (Lipinski definition) is 4. The van der Waals surface area contributed by atoms with Crippen molar-refractivity contribution >= 4 is 0 Å². The van der Waals surface area contributed by atoms with Crippen LogP contribution in [0.15, 0.2) is 24.5 Å². The number of rotatable bonds is 2. The van der Waals surface area contributed by atoms with Crippen molar-refractivity contribution in [1.82, 2.24) is 14.8 Å². The third-order valence-corrected chi connectivity index (χ3v) is 3.51. The zero-order valence-corrected chi connectivity index (χ0v) is 10.6. The van der Waals surface area contributed by atoms with Crippen molar-refractivity contribution in [3.63, 3.8) is 0 Å². The summed E-state index contributed by atoms with van der Waals surface area (Å²) in [6.07, 6.45) is 4.18. The van der Waals surface area contributed by atoms with Gasteiger partial charge in [0.25, 0.3) is 0 Å². The Hall–Kier alpha value is -0.970. The molecule has 0 bridgehead atoms. The van der Waals surface area contributed by atoms with Gasteiger partial charge in [0, 0.05) is 24.5 Å². The monoisotopic (exact) mass is 235 g/mol. The first-order chi connectivity index (χ1) is 8.18. The quantitative estimate of drug-likeness (QED) is 0.821. The molecule has 2 heterocycles. The van der Waals surface area contributed by atoms with E-state index in [-0.39, 0.29) is 6.04 Å². The van der Waals surface area contributed by atoms with E-state index in [0.29, 0.717) is 0 Å². The highest BCUT2D eigenvalue weighted by atomic mass is 16.3. The second kappa shape index (κ2) is 5.58. The van der Waals surface area contributed by atoms with Crippen LogP contribution in [0, 0.1) is 0 Å². The molecule has 1 aliphatic heterocycles. The van der Waals surface area contributed by atoms with Crippen molar-refractivity contribution in [3.05, 3.63) is 30.1 Å². The van der Waals surface area contributed by atoms with Gasteiger partial charge in [0.2, 0.25) is 0 Å². The molecule has 4 nitrogen and oxygen atoms in total. The molecular weight excluding hydrogens is 214 g/mol. The minimum atomic E-state index is -0.464. The molecule has 1 saturated heterocycles. The van der Waals surface area contributed by atoms with E-state index in [1.54, 1.807) is 12.4 Å². The number of aromatic nitrogens is 1. The third kappa shape index (κ3) is 3.03. The van der Waals surface area contributed by atoms with Crippen molar-refractivity contribution in [1.29, 1.82) is 0 Å². The molecule has 1 aromatic rings. The Morgan fingerprint density at radius 2 is 2.24 bits per heavy atom. The normalized spacial score (nSPS) is 25.5. The molecule has 0 aromatic carbocycles. The topological polar surface area (TPSA) is 39.6 Å². The highest BCUT2D eigenvalue weighted by molar-refractivity contribution is 5.14. The summed E-state index contributed by atoms with van der Waals surface area (Å²) in [4.78, 5) is 8.61. The molecule has 1 N–H and O–H groups in total. The lowest BCUT2D eigenvalue weighted by atomic mass is 10.0. The fraction of sp³-hybridized carbons (Fsp3) is 0.615. The van der Waals surface area contributed by atoms with E-state index in [2.05, 4.69) is 28.9 Å². The molecule has 0 amide bonds. The van der Waals surface area contributed by atoms with Gasteiger partial charge in [-0.3, -0.25) is 9.88 Å². The van der Waals surface area contributed by atoms with E-state index in [4.69, 9.17) is 0 Å². The molecule has 1 aliphatic rings. The summed E-state index contributed by atoms with van der Waals surface area (Å²) in [5.74, 6) is 0. The van der Waals surface area contributed by atoms with E-state index in [0.717, 1.165) is 31.6 Å². The number of aliphatic hydroxyl groups is 1.